The molecule has 0 aliphatic carbocycles. The highest BCUT2D eigenvalue weighted by Crippen LogP contribution is 2.28. The van der Waals surface area contributed by atoms with Crippen LogP contribution < -0.4 is 10.1 Å². The highest BCUT2D eigenvalue weighted by molar-refractivity contribution is 7.14. The molecule has 0 radical (unpaired) electrons. The zero-order chi connectivity index (χ0) is 11.3. The van der Waals surface area contributed by atoms with Gasteiger partial charge in [-0.1, -0.05) is 0 Å². The highest BCUT2D eigenvalue weighted by atomic mass is 32.1. The molecule has 84 valence electrons. The molecule has 0 spiro atoms. The van der Waals surface area contributed by atoms with Crippen molar-refractivity contribution in [1.82, 2.24) is 5.32 Å². The van der Waals surface area contributed by atoms with Gasteiger partial charge in [0.15, 0.2) is 0 Å². The third kappa shape index (κ3) is 3.21. The van der Waals surface area contributed by atoms with Crippen LogP contribution in [-0.2, 0) is 0 Å². The number of amides is 1. The molecule has 0 saturated heterocycles. The monoisotopic (exact) mass is 229 g/mol. The first-order chi connectivity index (χ1) is 7.19. The summed E-state index contributed by atoms with van der Waals surface area (Å²) >= 11 is 1.41. The molecule has 15 heavy (non-hydrogen) atoms. The smallest absolute Gasteiger partial charge is 0.265 e. The highest BCUT2D eigenvalue weighted by Gasteiger charge is 2.14. The maximum absolute atomic E-state index is 11.7. The summed E-state index contributed by atoms with van der Waals surface area (Å²) in [7, 11) is 1.55. The van der Waals surface area contributed by atoms with E-state index in [4.69, 9.17) is 9.84 Å². The van der Waals surface area contributed by atoms with Crippen molar-refractivity contribution in [2.75, 3.05) is 20.3 Å². The van der Waals surface area contributed by atoms with E-state index >= 15 is 0 Å². The van der Waals surface area contributed by atoms with Gasteiger partial charge in [-0.2, -0.15) is 0 Å². The molecule has 0 fully saturated rings. The van der Waals surface area contributed by atoms with Crippen molar-refractivity contribution < 1.29 is 14.6 Å². The second kappa shape index (κ2) is 5.72. The number of ether oxygens (including phenoxy) is 1. The van der Waals surface area contributed by atoms with Gasteiger partial charge >= 0.3 is 0 Å². The fraction of sp³-hybridized carbons (Fsp3) is 0.500. The van der Waals surface area contributed by atoms with E-state index in [2.05, 4.69) is 5.32 Å². The van der Waals surface area contributed by atoms with Crippen LogP contribution in [0, 0.1) is 6.92 Å². The van der Waals surface area contributed by atoms with Gasteiger partial charge in [0.2, 0.25) is 0 Å². The van der Waals surface area contributed by atoms with Crippen LogP contribution in [0.5, 0.6) is 5.75 Å². The largest absolute Gasteiger partial charge is 0.495 e. The Morgan fingerprint density at radius 3 is 3.00 bits per heavy atom. The van der Waals surface area contributed by atoms with Gasteiger partial charge in [0.25, 0.3) is 5.91 Å². The average molecular weight is 229 g/mol. The minimum absolute atomic E-state index is 0.0842. The van der Waals surface area contributed by atoms with Crippen molar-refractivity contribution in [1.29, 1.82) is 0 Å². The minimum atomic E-state index is -0.140. The Morgan fingerprint density at radius 1 is 1.67 bits per heavy atom. The van der Waals surface area contributed by atoms with E-state index in [-0.39, 0.29) is 12.5 Å². The first kappa shape index (κ1) is 12.0. The van der Waals surface area contributed by atoms with Crippen LogP contribution in [0.15, 0.2) is 6.07 Å². The Morgan fingerprint density at radius 2 is 2.40 bits per heavy atom. The lowest BCUT2D eigenvalue weighted by atomic mass is 10.3. The van der Waals surface area contributed by atoms with Crippen LogP contribution in [-0.4, -0.2) is 31.3 Å². The van der Waals surface area contributed by atoms with Gasteiger partial charge in [-0.05, 0) is 19.4 Å². The molecule has 1 aromatic rings. The summed E-state index contributed by atoms with van der Waals surface area (Å²) in [6, 6.07) is 1.84. The van der Waals surface area contributed by atoms with Gasteiger partial charge in [-0.25, -0.2) is 0 Å². The summed E-state index contributed by atoms with van der Waals surface area (Å²) < 4.78 is 5.09. The van der Waals surface area contributed by atoms with Crippen LogP contribution in [0.4, 0.5) is 0 Å². The maximum Gasteiger partial charge on any atom is 0.265 e. The molecule has 0 saturated carbocycles. The normalized spacial score (nSPS) is 10.1. The topological polar surface area (TPSA) is 58.6 Å². The molecule has 1 heterocycles. The SMILES string of the molecule is COc1cc(C)sc1C(=O)NCCCO. The van der Waals surface area contributed by atoms with E-state index in [1.165, 1.54) is 11.3 Å². The number of aliphatic hydroxyl groups is 1. The Hall–Kier alpha value is -1.07. The molecule has 1 aromatic heterocycles. The summed E-state index contributed by atoms with van der Waals surface area (Å²) in [5.74, 6) is 0.470. The number of thiophene rings is 1. The van der Waals surface area contributed by atoms with E-state index in [9.17, 15) is 4.79 Å². The van der Waals surface area contributed by atoms with Gasteiger partial charge < -0.3 is 15.2 Å². The number of hydrogen-bond donors (Lipinski definition) is 2. The zero-order valence-electron chi connectivity index (χ0n) is 8.87. The first-order valence-electron chi connectivity index (χ1n) is 4.72. The molecule has 4 nitrogen and oxygen atoms in total. The lowest BCUT2D eigenvalue weighted by molar-refractivity contribution is 0.0952. The number of hydrogen-bond acceptors (Lipinski definition) is 4. The maximum atomic E-state index is 11.7. The summed E-state index contributed by atoms with van der Waals surface area (Å²) in [5.41, 5.74) is 0. The van der Waals surface area contributed by atoms with E-state index in [0.717, 1.165) is 4.88 Å². The van der Waals surface area contributed by atoms with Crippen LogP contribution >= 0.6 is 11.3 Å². The van der Waals surface area contributed by atoms with Crippen molar-refractivity contribution in [3.8, 4) is 5.75 Å². The Labute approximate surface area is 92.9 Å². The number of carbonyl (C=O) groups is 1. The van der Waals surface area contributed by atoms with Crippen molar-refractivity contribution in [2.45, 2.75) is 13.3 Å². The predicted molar refractivity (Wildman–Crippen MR) is 59.6 cm³/mol. The standard InChI is InChI=1S/C10H15NO3S/c1-7-6-8(14-2)9(15-7)10(13)11-4-3-5-12/h6,12H,3-5H2,1-2H3,(H,11,13). The molecule has 0 aliphatic rings. The van der Waals surface area contributed by atoms with Gasteiger partial charge in [0.1, 0.15) is 10.6 Å². The molecule has 1 rings (SSSR count). The molecular formula is C10H15NO3S. The molecule has 1 amide bonds. The second-order valence-electron chi connectivity index (χ2n) is 3.09. The molecule has 0 bridgehead atoms. The zero-order valence-corrected chi connectivity index (χ0v) is 9.69. The van der Waals surface area contributed by atoms with E-state index in [1.807, 2.05) is 13.0 Å². The van der Waals surface area contributed by atoms with E-state index in [1.54, 1.807) is 7.11 Å². The molecular weight excluding hydrogens is 214 g/mol. The van der Waals surface area contributed by atoms with Crippen LogP contribution in [0.3, 0.4) is 0 Å². The molecule has 0 aromatic carbocycles. The Kier molecular flexibility index (Phi) is 4.58. The number of rotatable bonds is 5. The number of methoxy groups -OCH3 is 1. The third-order valence-corrected chi connectivity index (χ3v) is 2.90. The Balaban J connectivity index is 2.64. The fourth-order valence-electron chi connectivity index (χ4n) is 1.16. The number of aliphatic hydroxyl groups excluding tert-OH is 1. The van der Waals surface area contributed by atoms with Crippen molar-refractivity contribution in [2.24, 2.45) is 0 Å². The summed E-state index contributed by atoms with van der Waals surface area (Å²) in [4.78, 5) is 13.3. The number of carbonyl (C=O) groups excluding carboxylic acids is 1. The average Bonchev–Trinajstić information content (AvgIpc) is 2.60. The molecule has 0 atom stereocenters. The molecule has 2 N–H and O–H groups in total. The van der Waals surface area contributed by atoms with Crippen LogP contribution in [0.1, 0.15) is 21.0 Å². The van der Waals surface area contributed by atoms with Gasteiger partial charge in [0, 0.05) is 18.0 Å². The first-order valence-corrected chi connectivity index (χ1v) is 5.54. The van der Waals surface area contributed by atoms with Gasteiger partial charge in [-0.3, -0.25) is 4.79 Å². The molecule has 0 aliphatic heterocycles. The summed E-state index contributed by atoms with van der Waals surface area (Å²) in [6.45, 7) is 2.49. The van der Waals surface area contributed by atoms with Crippen molar-refractivity contribution >= 4 is 17.2 Å². The van der Waals surface area contributed by atoms with Gasteiger partial charge in [0.05, 0.1) is 7.11 Å². The van der Waals surface area contributed by atoms with Crippen LogP contribution in [0.25, 0.3) is 0 Å². The quantitative estimate of drug-likeness (QED) is 0.745. The Bertz CT molecular complexity index is 335. The van der Waals surface area contributed by atoms with Crippen LogP contribution in [0.2, 0.25) is 0 Å². The number of nitrogens with one attached hydrogen (secondary N) is 1. The summed E-state index contributed by atoms with van der Waals surface area (Å²) in [5, 5.41) is 11.3. The lowest BCUT2D eigenvalue weighted by Crippen LogP contribution is -2.24. The lowest BCUT2D eigenvalue weighted by Gasteiger charge is -2.03. The number of aryl methyl sites for hydroxylation is 1. The fourth-order valence-corrected chi connectivity index (χ4v) is 2.06. The third-order valence-electron chi connectivity index (χ3n) is 1.87. The minimum Gasteiger partial charge on any atom is -0.495 e. The molecule has 0 unspecified atom stereocenters. The molecule has 5 heteroatoms. The van der Waals surface area contributed by atoms with Crippen molar-refractivity contribution in [3.05, 3.63) is 15.8 Å². The van der Waals surface area contributed by atoms with E-state index < -0.39 is 0 Å². The second-order valence-corrected chi connectivity index (χ2v) is 4.34. The predicted octanol–water partition coefficient (Wildman–Crippen LogP) is 1.18. The van der Waals surface area contributed by atoms with Crippen molar-refractivity contribution in [3.63, 3.8) is 0 Å². The van der Waals surface area contributed by atoms with Gasteiger partial charge in [-0.15, -0.1) is 11.3 Å². The van der Waals surface area contributed by atoms with E-state index in [0.29, 0.717) is 23.6 Å². The summed E-state index contributed by atoms with van der Waals surface area (Å²) in [6.07, 6.45) is 0.568.